The van der Waals surface area contributed by atoms with Crippen molar-refractivity contribution in [2.75, 3.05) is 17.7 Å². The molecular formula is C14H19NO2S. The van der Waals surface area contributed by atoms with Crippen LogP contribution >= 0.6 is 11.8 Å². The van der Waals surface area contributed by atoms with Crippen LogP contribution in [0.1, 0.15) is 37.0 Å². The minimum atomic E-state index is -0.836. The topological polar surface area (TPSA) is 40.5 Å². The van der Waals surface area contributed by atoms with E-state index in [2.05, 4.69) is 18.7 Å². The summed E-state index contributed by atoms with van der Waals surface area (Å²) in [6, 6.07) is 5.75. The summed E-state index contributed by atoms with van der Waals surface area (Å²) in [4.78, 5) is 14.6. The number of rotatable bonds is 3. The average Bonchev–Trinajstić information content (AvgIpc) is 2.67. The summed E-state index contributed by atoms with van der Waals surface area (Å²) in [5.41, 5.74) is 1.35. The fraction of sp³-hybridized carbons (Fsp3) is 0.500. The number of carboxylic acids is 1. The Morgan fingerprint density at radius 1 is 1.44 bits per heavy atom. The molecule has 0 saturated carbocycles. The van der Waals surface area contributed by atoms with E-state index in [0.29, 0.717) is 5.56 Å². The molecule has 1 aromatic rings. The van der Waals surface area contributed by atoms with Gasteiger partial charge < -0.3 is 10.0 Å². The van der Waals surface area contributed by atoms with E-state index >= 15 is 0 Å². The van der Waals surface area contributed by atoms with Gasteiger partial charge in [0, 0.05) is 17.0 Å². The third-order valence-corrected chi connectivity index (χ3v) is 4.41. The largest absolute Gasteiger partial charge is 0.478 e. The van der Waals surface area contributed by atoms with Crippen LogP contribution in [-0.4, -0.2) is 29.4 Å². The Kier molecular flexibility index (Phi) is 3.57. The number of benzene rings is 1. The first kappa shape index (κ1) is 13.3. The van der Waals surface area contributed by atoms with E-state index in [1.165, 1.54) is 11.8 Å². The molecule has 18 heavy (non-hydrogen) atoms. The van der Waals surface area contributed by atoms with Crippen LogP contribution in [0.25, 0.3) is 0 Å². The highest BCUT2D eigenvalue weighted by Gasteiger charge is 2.34. The molecule has 0 spiro atoms. The zero-order valence-corrected chi connectivity index (χ0v) is 11.9. The molecule has 1 heterocycles. The van der Waals surface area contributed by atoms with Crippen molar-refractivity contribution in [3.8, 4) is 0 Å². The third-order valence-electron chi connectivity index (χ3n) is 3.63. The lowest BCUT2D eigenvalue weighted by Crippen LogP contribution is -2.39. The Bertz CT molecular complexity index is 471. The number of carbonyl (C=O) groups is 1. The highest BCUT2D eigenvalue weighted by Crippen LogP contribution is 2.38. The van der Waals surface area contributed by atoms with Crippen molar-refractivity contribution in [2.45, 2.75) is 37.1 Å². The van der Waals surface area contributed by atoms with Gasteiger partial charge in [0.15, 0.2) is 0 Å². The minimum absolute atomic E-state index is 0.0429. The van der Waals surface area contributed by atoms with Crippen LogP contribution in [-0.2, 0) is 0 Å². The number of aromatic carboxylic acids is 1. The predicted octanol–water partition coefficient (Wildman–Crippen LogP) is 3.49. The zero-order valence-electron chi connectivity index (χ0n) is 11.1. The number of hydrogen-bond acceptors (Lipinski definition) is 3. The van der Waals surface area contributed by atoms with Gasteiger partial charge in [0.2, 0.25) is 0 Å². The van der Waals surface area contributed by atoms with Crippen molar-refractivity contribution < 1.29 is 9.90 Å². The first-order valence-corrected chi connectivity index (χ1v) is 7.38. The van der Waals surface area contributed by atoms with E-state index in [1.54, 1.807) is 0 Å². The molecule has 0 bridgehead atoms. The second-order valence-electron chi connectivity index (χ2n) is 5.23. The molecule has 2 rings (SSSR count). The Hall–Kier alpha value is -1.16. The van der Waals surface area contributed by atoms with Crippen LogP contribution in [0.3, 0.4) is 0 Å². The molecule has 98 valence electrons. The fourth-order valence-corrected chi connectivity index (χ4v) is 3.29. The van der Waals surface area contributed by atoms with Crippen molar-refractivity contribution in [1.29, 1.82) is 0 Å². The second kappa shape index (κ2) is 4.84. The van der Waals surface area contributed by atoms with Gasteiger partial charge in [-0.3, -0.25) is 0 Å². The molecule has 1 fully saturated rings. The molecule has 1 aliphatic rings. The molecule has 0 atom stereocenters. The Morgan fingerprint density at radius 3 is 2.67 bits per heavy atom. The smallest absolute Gasteiger partial charge is 0.338 e. The van der Waals surface area contributed by atoms with Gasteiger partial charge in [-0.1, -0.05) is 6.07 Å². The lowest BCUT2D eigenvalue weighted by atomic mass is 10.0. The minimum Gasteiger partial charge on any atom is -0.478 e. The van der Waals surface area contributed by atoms with E-state index in [4.69, 9.17) is 0 Å². The molecule has 1 N–H and O–H groups in total. The highest BCUT2D eigenvalue weighted by atomic mass is 32.2. The third kappa shape index (κ3) is 2.21. The number of anilines is 1. The van der Waals surface area contributed by atoms with Gasteiger partial charge in [-0.2, -0.15) is 0 Å². The quantitative estimate of drug-likeness (QED) is 0.849. The van der Waals surface area contributed by atoms with Crippen molar-refractivity contribution in [3.05, 3.63) is 23.8 Å². The van der Waals surface area contributed by atoms with Crippen molar-refractivity contribution in [3.63, 3.8) is 0 Å². The van der Waals surface area contributed by atoms with Gasteiger partial charge >= 0.3 is 5.97 Å². The number of carboxylic acid groups (broad SMARTS) is 1. The van der Waals surface area contributed by atoms with Crippen molar-refractivity contribution >= 4 is 23.4 Å². The number of hydrogen-bond donors (Lipinski definition) is 1. The van der Waals surface area contributed by atoms with E-state index in [0.717, 1.165) is 30.0 Å². The molecule has 3 nitrogen and oxygen atoms in total. The summed E-state index contributed by atoms with van der Waals surface area (Å²) < 4.78 is 0. The van der Waals surface area contributed by atoms with Gasteiger partial charge in [0.05, 0.1) is 11.3 Å². The number of nitrogens with zero attached hydrogens (tertiary/aromatic N) is 1. The van der Waals surface area contributed by atoms with Gasteiger partial charge in [-0.25, -0.2) is 4.79 Å². The predicted molar refractivity (Wildman–Crippen MR) is 75.8 cm³/mol. The molecule has 1 aromatic carbocycles. The summed E-state index contributed by atoms with van der Waals surface area (Å²) in [7, 11) is 0. The van der Waals surface area contributed by atoms with Crippen LogP contribution in [0.15, 0.2) is 23.1 Å². The van der Waals surface area contributed by atoms with Crippen molar-refractivity contribution in [1.82, 2.24) is 0 Å². The van der Waals surface area contributed by atoms with E-state index < -0.39 is 5.97 Å². The van der Waals surface area contributed by atoms with Crippen LogP contribution in [0.5, 0.6) is 0 Å². The first-order chi connectivity index (χ1) is 8.47. The maximum atomic E-state index is 11.5. The first-order valence-electron chi connectivity index (χ1n) is 6.15. The van der Waals surface area contributed by atoms with Crippen molar-refractivity contribution in [2.24, 2.45) is 0 Å². The molecule has 0 aromatic heterocycles. The van der Waals surface area contributed by atoms with E-state index in [-0.39, 0.29) is 5.54 Å². The summed E-state index contributed by atoms with van der Waals surface area (Å²) in [5, 5.41) is 9.47. The fourth-order valence-electron chi connectivity index (χ4n) is 2.68. The average molecular weight is 265 g/mol. The molecule has 0 radical (unpaired) electrons. The summed E-state index contributed by atoms with van der Waals surface area (Å²) in [6.07, 6.45) is 4.14. The van der Waals surface area contributed by atoms with Gasteiger partial charge in [-0.05, 0) is 45.1 Å². The van der Waals surface area contributed by atoms with Gasteiger partial charge in [0.1, 0.15) is 0 Å². The SMILES string of the molecule is CSc1cccc(N2CCCC2(C)C)c1C(=O)O. The van der Waals surface area contributed by atoms with Crippen LogP contribution < -0.4 is 4.90 Å². The summed E-state index contributed by atoms with van der Waals surface area (Å²) in [5.74, 6) is -0.836. The molecule has 1 aliphatic heterocycles. The van der Waals surface area contributed by atoms with E-state index in [9.17, 15) is 9.90 Å². The number of thioether (sulfide) groups is 1. The zero-order chi connectivity index (χ0) is 13.3. The monoisotopic (exact) mass is 265 g/mol. The molecular weight excluding hydrogens is 246 g/mol. The summed E-state index contributed by atoms with van der Waals surface area (Å²) >= 11 is 1.49. The normalized spacial score (nSPS) is 18.1. The van der Waals surface area contributed by atoms with Gasteiger partial charge in [0.25, 0.3) is 0 Å². The summed E-state index contributed by atoms with van der Waals surface area (Å²) in [6.45, 7) is 5.29. The highest BCUT2D eigenvalue weighted by molar-refractivity contribution is 7.98. The van der Waals surface area contributed by atoms with Crippen LogP contribution in [0.4, 0.5) is 5.69 Å². The Morgan fingerprint density at radius 2 is 2.17 bits per heavy atom. The Balaban J connectivity index is 2.54. The maximum Gasteiger partial charge on any atom is 0.338 e. The lowest BCUT2D eigenvalue weighted by molar-refractivity contribution is 0.0693. The molecule has 0 unspecified atom stereocenters. The molecule has 4 heteroatoms. The Labute approximate surface area is 112 Å². The van der Waals surface area contributed by atoms with Crippen LogP contribution in [0, 0.1) is 0 Å². The van der Waals surface area contributed by atoms with Crippen LogP contribution in [0.2, 0.25) is 0 Å². The maximum absolute atomic E-state index is 11.5. The standard InChI is InChI=1S/C14H19NO2S/c1-14(2)8-5-9-15(14)10-6-4-7-11(18-3)12(10)13(16)17/h4,6-7H,5,8-9H2,1-3H3,(H,16,17). The second-order valence-corrected chi connectivity index (χ2v) is 6.08. The molecule has 0 aliphatic carbocycles. The molecule has 1 saturated heterocycles. The van der Waals surface area contributed by atoms with E-state index in [1.807, 2.05) is 24.5 Å². The van der Waals surface area contributed by atoms with Gasteiger partial charge in [-0.15, -0.1) is 11.8 Å². The molecule has 0 amide bonds. The lowest BCUT2D eigenvalue weighted by Gasteiger charge is -2.35.